The van der Waals surface area contributed by atoms with Crippen molar-refractivity contribution in [2.75, 3.05) is 18.5 Å². The lowest BCUT2D eigenvalue weighted by Crippen LogP contribution is -2.35. The molecule has 1 N–H and O–H groups in total. The van der Waals surface area contributed by atoms with Gasteiger partial charge in [0, 0.05) is 30.1 Å². The fraction of sp³-hybridized carbons (Fsp3) is 0.312. The van der Waals surface area contributed by atoms with E-state index in [1.165, 1.54) is 27.8 Å². The summed E-state index contributed by atoms with van der Waals surface area (Å²) in [6.07, 6.45) is 4.13. The molecule has 0 unspecified atom stereocenters. The van der Waals surface area contributed by atoms with Gasteiger partial charge in [-0.25, -0.2) is 8.42 Å². The number of sulfonamides is 1. The van der Waals surface area contributed by atoms with Crippen molar-refractivity contribution in [3.8, 4) is 0 Å². The van der Waals surface area contributed by atoms with E-state index >= 15 is 0 Å². The number of hydrogen-bond donors (Lipinski definition) is 1. The molecule has 0 bridgehead atoms. The van der Waals surface area contributed by atoms with Crippen molar-refractivity contribution in [2.45, 2.75) is 24.2 Å². The lowest BCUT2D eigenvalue weighted by atomic mass is 10.2. The van der Waals surface area contributed by atoms with Crippen molar-refractivity contribution in [1.29, 1.82) is 0 Å². The van der Waals surface area contributed by atoms with Gasteiger partial charge in [-0.15, -0.1) is 11.3 Å². The average molecular weight is 394 g/mol. The molecule has 0 saturated carbocycles. The molecule has 0 radical (unpaired) electrons. The Hall–Kier alpha value is -2.30. The van der Waals surface area contributed by atoms with Gasteiger partial charge in [0.1, 0.15) is 4.90 Å². The van der Waals surface area contributed by atoms with Crippen LogP contribution in [0.4, 0.5) is 11.4 Å². The van der Waals surface area contributed by atoms with Crippen molar-refractivity contribution < 1.29 is 13.3 Å². The van der Waals surface area contributed by atoms with E-state index in [1.807, 2.05) is 17.5 Å². The van der Waals surface area contributed by atoms with Gasteiger partial charge < -0.3 is 0 Å². The van der Waals surface area contributed by atoms with Gasteiger partial charge in [0.25, 0.3) is 5.69 Å². The molecule has 3 rings (SSSR count). The van der Waals surface area contributed by atoms with Crippen LogP contribution in [-0.2, 0) is 10.0 Å². The lowest BCUT2D eigenvalue weighted by molar-refractivity contribution is -0.385. The topological polar surface area (TPSA) is 105 Å². The predicted octanol–water partition coefficient (Wildman–Crippen LogP) is 3.28. The van der Waals surface area contributed by atoms with E-state index in [0.29, 0.717) is 13.1 Å². The Morgan fingerprint density at radius 1 is 1.23 bits per heavy atom. The van der Waals surface area contributed by atoms with Crippen molar-refractivity contribution in [1.82, 2.24) is 4.31 Å². The third-order valence-corrected chi connectivity index (χ3v) is 6.77. The Labute approximate surface area is 155 Å². The van der Waals surface area contributed by atoms with E-state index in [9.17, 15) is 18.5 Å². The number of nitro benzene ring substituents is 1. The van der Waals surface area contributed by atoms with Gasteiger partial charge in [-0.3, -0.25) is 15.5 Å². The molecule has 0 spiro atoms. The normalized spacial score (nSPS) is 16.0. The van der Waals surface area contributed by atoms with Crippen LogP contribution < -0.4 is 5.43 Å². The highest BCUT2D eigenvalue weighted by Gasteiger charge is 2.30. The monoisotopic (exact) mass is 394 g/mol. The second-order valence-electron chi connectivity index (χ2n) is 5.79. The number of hydrogen-bond acceptors (Lipinski definition) is 7. The van der Waals surface area contributed by atoms with Crippen LogP contribution in [0.3, 0.4) is 0 Å². The van der Waals surface area contributed by atoms with Crippen LogP contribution in [0.1, 0.15) is 24.1 Å². The molecule has 1 fully saturated rings. The lowest BCUT2D eigenvalue weighted by Gasteiger charge is -2.26. The highest BCUT2D eigenvalue weighted by Crippen LogP contribution is 2.30. The molecule has 8 nitrogen and oxygen atoms in total. The first-order valence-electron chi connectivity index (χ1n) is 8.09. The molecule has 10 heteroatoms. The number of thiophene rings is 1. The van der Waals surface area contributed by atoms with Gasteiger partial charge >= 0.3 is 0 Å². The molecule has 1 saturated heterocycles. The van der Waals surface area contributed by atoms with E-state index in [0.717, 1.165) is 30.2 Å². The minimum atomic E-state index is -3.84. The van der Waals surface area contributed by atoms with Gasteiger partial charge in [-0.05, 0) is 30.4 Å². The largest absolute Gasteiger partial charge is 0.277 e. The summed E-state index contributed by atoms with van der Waals surface area (Å²) in [5.41, 5.74) is 2.66. The second kappa shape index (κ2) is 7.94. The summed E-state index contributed by atoms with van der Waals surface area (Å²) < 4.78 is 27.4. The molecule has 26 heavy (non-hydrogen) atoms. The third-order valence-electron chi connectivity index (χ3n) is 4.03. The van der Waals surface area contributed by atoms with Gasteiger partial charge in [0.15, 0.2) is 0 Å². The molecule has 2 aromatic rings. The summed E-state index contributed by atoms with van der Waals surface area (Å²) in [4.78, 5) is 11.3. The Morgan fingerprint density at radius 3 is 2.65 bits per heavy atom. The third kappa shape index (κ3) is 4.09. The van der Waals surface area contributed by atoms with Crippen molar-refractivity contribution in [3.05, 3.63) is 50.7 Å². The van der Waals surface area contributed by atoms with Crippen LogP contribution in [0.15, 0.2) is 45.7 Å². The quantitative estimate of drug-likeness (QED) is 0.460. The van der Waals surface area contributed by atoms with E-state index in [2.05, 4.69) is 10.5 Å². The van der Waals surface area contributed by atoms with E-state index < -0.39 is 14.9 Å². The van der Waals surface area contributed by atoms with Crippen LogP contribution in [0, 0.1) is 10.1 Å². The van der Waals surface area contributed by atoms with Crippen LogP contribution in [0.2, 0.25) is 0 Å². The Kier molecular flexibility index (Phi) is 5.64. The summed E-state index contributed by atoms with van der Waals surface area (Å²) in [6, 6.07) is 7.48. The van der Waals surface area contributed by atoms with E-state index in [-0.39, 0.29) is 16.3 Å². The molecular formula is C16H18N4O4S2. The molecule has 138 valence electrons. The van der Waals surface area contributed by atoms with Gasteiger partial charge in [-0.1, -0.05) is 12.5 Å². The minimum absolute atomic E-state index is 0.128. The van der Waals surface area contributed by atoms with Crippen LogP contribution in [0.25, 0.3) is 0 Å². The molecule has 0 atom stereocenters. The van der Waals surface area contributed by atoms with E-state index in [4.69, 9.17) is 0 Å². The van der Waals surface area contributed by atoms with Gasteiger partial charge in [-0.2, -0.15) is 9.41 Å². The number of anilines is 1. The molecule has 1 aromatic carbocycles. The zero-order valence-electron chi connectivity index (χ0n) is 13.9. The number of non-ortho nitro benzene ring substituents is 1. The van der Waals surface area contributed by atoms with Crippen molar-refractivity contribution in [2.24, 2.45) is 5.10 Å². The standard InChI is InChI=1S/C16H18N4O4S2/c21-20(22)13-6-7-15(18-17-12-14-5-4-10-25-14)16(11-13)26(23,24)19-8-2-1-3-9-19/h4-7,10-12,18H,1-3,8-9H2/b17-12-. The molecular weight excluding hydrogens is 376 g/mol. The molecule has 1 aliphatic heterocycles. The summed E-state index contributed by atoms with van der Waals surface area (Å²) >= 11 is 1.49. The van der Waals surface area contributed by atoms with Crippen LogP contribution >= 0.6 is 11.3 Å². The fourth-order valence-corrected chi connectivity index (χ4v) is 4.97. The Morgan fingerprint density at radius 2 is 2.00 bits per heavy atom. The van der Waals surface area contributed by atoms with Crippen molar-refractivity contribution >= 4 is 38.9 Å². The smallest absolute Gasteiger partial charge is 0.270 e. The summed E-state index contributed by atoms with van der Waals surface area (Å²) in [5.74, 6) is 0. The average Bonchev–Trinajstić information content (AvgIpc) is 3.16. The first-order chi connectivity index (χ1) is 12.5. The number of hydrazone groups is 1. The molecule has 1 aromatic heterocycles. The Bertz CT molecular complexity index is 904. The number of nitrogens with zero attached hydrogens (tertiary/aromatic N) is 3. The highest BCUT2D eigenvalue weighted by molar-refractivity contribution is 7.89. The van der Waals surface area contributed by atoms with Crippen LogP contribution in [-0.4, -0.2) is 37.0 Å². The second-order valence-corrected chi connectivity index (χ2v) is 8.67. The maximum atomic E-state index is 13.0. The highest BCUT2D eigenvalue weighted by atomic mass is 32.2. The molecule has 2 heterocycles. The van der Waals surface area contributed by atoms with Gasteiger partial charge in [0.2, 0.25) is 10.0 Å². The van der Waals surface area contributed by atoms with Gasteiger partial charge in [0.05, 0.1) is 16.8 Å². The fourth-order valence-electron chi connectivity index (χ4n) is 2.70. The minimum Gasteiger partial charge on any atom is -0.277 e. The first-order valence-corrected chi connectivity index (χ1v) is 10.4. The number of nitrogens with one attached hydrogen (secondary N) is 1. The molecule has 0 aliphatic carbocycles. The number of piperidine rings is 1. The zero-order valence-corrected chi connectivity index (χ0v) is 15.5. The number of benzene rings is 1. The zero-order chi connectivity index (χ0) is 18.6. The first kappa shape index (κ1) is 18.5. The van der Waals surface area contributed by atoms with Crippen LogP contribution in [0.5, 0.6) is 0 Å². The Balaban J connectivity index is 1.94. The molecule has 0 amide bonds. The summed E-state index contributed by atoms with van der Waals surface area (Å²) in [5, 5.41) is 17.0. The summed E-state index contributed by atoms with van der Waals surface area (Å²) in [7, 11) is -3.84. The number of nitro groups is 1. The summed E-state index contributed by atoms with van der Waals surface area (Å²) in [6.45, 7) is 0.839. The van der Waals surface area contributed by atoms with Crippen molar-refractivity contribution in [3.63, 3.8) is 0 Å². The van der Waals surface area contributed by atoms with E-state index in [1.54, 1.807) is 6.21 Å². The maximum Gasteiger partial charge on any atom is 0.270 e. The maximum absolute atomic E-state index is 13.0. The predicted molar refractivity (Wildman–Crippen MR) is 101 cm³/mol. The SMILES string of the molecule is O=[N+]([O-])c1ccc(N/N=C\c2cccs2)c(S(=O)(=O)N2CCCCC2)c1. The molecule has 1 aliphatic rings. The number of rotatable bonds is 6.